The predicted octanol–water partition coefficient (Wildman–Crippen LogP) is 1.76. The largest absolute Gasteiger partial charge is 0.497 e. The lowest BCUT2D eigenvalue weighted by atomic mass is 10.2. The zero-order chi connectivity index (χ0) is 20.1. The molecule has 7 nitrogen and oxygen atoms in total. The molecule has 2 amide bonds. The fourth-order valence-corrected chi connectivity index (χ4v) is 4.32. The van der Waals surface area contributed by atoms with Gasteiger partial charge < -0.3 is 15.4 Å². The maximum Gasteiger partial charge on any atom is 0.263 e. The zero-order valence-electron chi connectivity index (χ0n) is 15.3. The number of benzene rings is 2. The van der Waals surface area contributed by atoms with Crippen LogP contribution >= 0.6 is 0 Å². The monoisotopic (exact) mass is 400 g/mol. The highest BCUT2D eigenvalue weighted by Crippen LogP contribution is 2.32. The van der Waals surface area contributed by atoms with Crippen LogP contribution in [-0.2, 0) is 14.6 Å². The fourth-order valence-electron chi connectivity index (χ4n) is 2.79. The Morgan fingerprint density at radius 2 is 1.57 bits per heavy atom. The molecular weight excluding hydrogens is 380 g/mol. The summed E-state index contributed by atoms with van der Waals surface area (Å²) < 4.78 is 29.9. The van der Waals surface area contributed by atoms with Gasteiger partial charge in [0.05, 0.1) is 12.0 Å². The van der Waals surface area contributed by atoms with Crippen molar-refractivity contribution >= 4 is 27.7 Å². The molecule has 0 aliphatic carbocycles. The first-order valence-electron chi connectivity index (χ1n) is 8.70. The van der Waals surface area contributed by atoms with E-state index in [1.165, 1.54) is 12.1 Å². The van der Waals surface area contributed by atoms with E-state index in [1.54, 1.807) is 49.6 Å². The molecule has 1 aliphatic rings. The number of rotatable bonds is 7. The van der Waals surface area contributed by atoms with Crippen molar-refractivity contribution in [1.82, 2.24) is 10.6 Å². The minimum Gasteiger partial charge on any atom is -0.497 e. The van der Waals surface area contributed by atoms with Crippen molar-refractivity contribution in [3.63, 3.8) is 0 Å². The fraction of sp³-hybridized carbons (Fsp3) is 0.200. The van der Waals surface area contributed by atoms with Gasteiger partial charge in [-0.2, -0.15) is 0 Å². The molecule has 0 atom stereocenters. The average Bonchev–Trinajstić information content (AvgIpc) is 2.98. The molecule has 0 unspecified atom stereocenters. The molecule has 2 aromatic carbocycles. The van der Waals surface area contributed by atoms with Gasteiger partial charge in [-0.1, -0.05) is 18.2 Å². The normalized spacial score (nSPS) is 14.0. The number of hydrogen-bond acceptors (Lipinski definition) is 5. The van der Waals surface area contributed by atoms with Crippen LogP contribution in [0.5, 0.6) is 5.75 Å². The van der Waals surface area contributed by atoms with Gasteiger partial charge in [0.2, 0.25) is 9.84 Å². The van der Waals surface area contributed by atoms with Crippen molar-refractivity contribution in [1.29, 1.82) is 0 Å². The number of methoxy groups -OCH3 is 1. The molecule has 1 heterocycles. The third kappa shape index (κ3) is 4.07. The Morgan fingerprint density at radius 3 is 2.21 bits per heavy atom. The maximum absolute atomic E-state index is 12.4. The lowest BCUT2D eigenvalue weighted by Gasteiger charge is -2.08. The minimum absolute atomic E-state index is 0.145. The molecule has 8 heteroatoms. The average molecular weight is 400 g/mol. The van der Waals surface area contributed by atoms with E-state index >= 15 is 0 Å². The summed E-state index contributed by atoms with van der Waals surface area (Å²) in [6.45, 7) is 0.585. The van der Waals surface area contributed by atoms with Crippen LogP contribution in [0.1, 0.15) is 22.3 Å². The molecule has 0 aromatic heterocycles. The van der Waals surface area contributed by atoms with Gasteiger partial charge in [-0.3, -0.25) is 9.59 Å². The molecule has 0 saturated heterocycles. The van der Waals surface area contributed by atoms with E-state index in [-0.39, 0.29) is 22.3 Å². The van der Waals surface area contributed by atoms with E-state index in [9.17, 15) is 18.0 Å². The van der Waals surface area contributed by atoms with Gasteiger partial charge in [-0.15, -0.1) is 0 Å². The molecule has 0 spiro atoms. The number of carbonyl (C=O) groups is 2. The van der Waals surface area contributed by atoms with Crippen LogP contribution in [0.3, 0.4) is 0 Å². The Hall–Kier alpha value is -3.13. The summed E-state index contributed by atoms with van der Waals surface area (Å²) in [7, 11) is -2.22. The second-order valence-electron chi connectivity index (χ2n) is 6.14. The molecule has 1 aliphatic heterocycles. The van der Waals surface area contributed by atoms with Gasteiger partial charge in [-0.25, -0.2) is 8.42 Å². The number of fused-ring (bicyclic) bond motifs is 1. The Balaban J connectivity index is 1.46. The van der Waals surface area contributed by atoms with Crippen LogP contribution in [-0.4, -0.2) is 40.4 Å². The lowest BCUT2D eigenvalue weighted by Crippen LogP contribution is -2.31. The number of sulfone groups is 1. The topological polar surface area (TPSA) is 102 Å². The van der Waals surface area contributed by atoms with Crippen LogP contribution in [0.2, 0.25) is 0 Å². The van der Waals surface area contributed by atoms with Crippen molar-refractivity contribution in [2.24, 2.45) is 0 Å². The lowest BCUT2D eigenvalue weighted by molar-refractivity contribution is -0.116. The van der Waals surface area contributed by atoms with Crippen molar-refractivity contribution in [3.05, 3.63) is 64.6 Å². The number of nitrogens with one attached hydrogen (secondary N) is 2. The van der Waals surface area contributed by atoms with Crippen LogP contribution in [0.4, 0.5) is 0 Å². The third-order valence-electron chi connectivity index (χ3n) is 4.29. The van der Waals surface area contributed by atoms with Crippen molar-refractivity contribution in [2.45, 2.75) is 11.3 Å². The molecule has 2 N–H and O–H groups in total. The van der Waals surface area contributed by atoms with Crippen LogP contribution in [0.15, 0.2) is 58.3 Å². The van der Waals surface area contributed by atoms with Gasteiger partial charge in [0, 0.05) is 18.7 Å². The number of hydrogen-bond donors (Lipinski definition) is 2. The summed E-state index contributed by atoms with van der Waals surface area (Å²) in [5.41, 5.74) is 1.02. The molecule has 0 fully saturated rings. The minimum atomic E-state index is -3.77. The second kappa shape index (κ2) is 8.26. The molecular formula is C20H20N2O5S. The molecule has 28 heavy (non-hydrogen) atoms. The first kappa shape index (κ1) is 19.6. The molecule has 146 valence electrons. The molecule has 2 aromatic rings. The van der Waals surface area contributed by atoms with Gasteiger partial charge in [0.1, 0.15) is 10.7 Å². The highest BCUT2D eigenvalue weighted by atomic mass is 32.2. The Morgan fingerprint density at radius 1 is 0.929 bits per heavy atom. The second-order valence-corrected chi connectivity index (χ2v) is 8.03. The van der Waals surface area contributed by atoms with Crippen LogP contribution in [0.25, 0.3) is 6.08 Å². The summed E-state index contributed by atoms with van der Waals surface area (Å²) in [6.07, 6.45) is 1.85. The van der Waals surface area contributed by atoms with E-state index in [0.29, 0.717) is 29.8 Å². The predicted molar refractivity (Wildman–Crippen MR) is 105 cm³/mol. The van der Waals surface area contributed by atoms with Crippen LogP contribution in [0, 0.1) is 0 Å². The summed E-state index contributed by atoms with van der Waals surface area (Å²) in [5, 5.41) is 5.34. The molecule has 0 saturated carbocycles. The number of ether oxygens (including phenoxy) is 1. The van der Waals surface area contributed by atoms with E-state index in [4.69, 9.17) is 4.74 Å². The van der Waals surface area contributed by atoms with Gasteiger partial charge in [0.15, 0.2) is 0 Å². The smallest absolute Gasteiger partial charge is 0.263 e. The van der Waals surface area contributed by atoms with E-state index in [1.807, 2.05) is 0 Å². The highest BCUT2D eigenvalue weighted by molar-refractivity contribution is 7.96. The first-order valence-corrected chi connectivity index (χ1v) is 10.2. The maximum atomic E-state index is 12.4. The quantitative estimate of drug-likeness (QED) is 0.690. The summed E-state index contributed by atoms with van der Waals surface area (Å²) in [4.78, 5) is 24.2. The molecule has 0 radical (unpaired) electrons. The standard InChI is InChI=1S/C20H20N2O5S/c1-27-16-9-7-14(8-10-16)19(23)21-11-4-12-22-20(24)18-13-15-5-2-3-6-17(15)28(18,25)26/h2-3,5-10,13H,4,11-12H2,1H3,(H,21,23)(H,22,24). The zero-order valence-corrected chi connectivity index (χ0v) is 16.1. The van der Waals surface area contributed by atoms with Gasteiger partial charge >= 0.3 is 0 Å². The first-order chi connectivity index (χ1) is 13.4. The Labute approximate surface area is 163 Å². The van der Waals surface area contributed by atoms with Gasteiger partial charge in [-0.05, 0) is 48.4 Å². The van der Waals surface area contributed by atoms with Crippen LogP contribution < -0.4 is 15.4 Å². The SMILES string of the molecule is COc1ccc(C(=O)NCCCNC(=O)C2=Cc3ccccc3S2(=O)=O)cc1. The molecule has 0 bridgehead atoms. The van der Waals surface area contributed by atoms with E-state index in [0.717, 1.165) is 0 Å². The summed E-state index contributed by atoms with van der Waals surface area (Å²) in [5.74, 6) is -0.208. The van der Waals surface area contributed by atoms with Crippen molar-refractivity contribution < 1.29 is 22.7 Å². The van der Waals surface area contributed by atoms with Crippen molar-refractivity contribution in [2.75, 3.05) is 20.2 Å². The number of amides is 2. The third-order valence-corrected chi connectivity index (χ3v) is 6.12. The Bertz CT molecular complexity index is 1030. The molecule has 3 rings (SSSR count). The Kier molecular flexibility index (Phi) is 5.79. The summed E-state index contributed by atoms with van der Waals surface area (Å²) >= 11 is 0. The highest BCUT2D eigenvalue weighted by Gasteiger charge is 2.33. The summed E-state index contributed by atoms with van der Waals surface area (Å²) in [6, 6.07) is 13.2. The number of carbonyl (C=O) groups excluding carboxylic acids is 2. The van der Waals surface area contributed by atoms with Gasteiger partial charge in [0.25, 0.3) is 11.8 Å². The van der Waals surface area contributed by atoms with E-state index < -0.39 is 15.7 Å². The van der Waals surface area contributed by atoms with E-state index in [2.05, 4.69) is 10.6 Å². The van der Waals surface area contributed by atoms with Crippen molar-refractivity contribution in [3.8, 4) is 5.75 Å².